The van der Waals surface area contributed by atoms with E-state index >= 15 is 0 Å². The van der Waals surface area contributed by atoms with Crippen LogP contribution in [-0.2, 0) is 15.8 Å². The van der Waals surface area contributed by atoms with Crippen molar-refractivity contribution in [1.82, 2.24) is 5.43 Å². The maximum Gasteiger partial charge on any atom is 0.416 e. The van der Waals surface area contributed by atoms with Crippen LogP contribution in [0.3, 0.4) is 0 Å². The molecule has 0 heterocycles. The minimum atomic E-state index is -4.59. The number of hydrazone groups is 1. The average molecular weight is 380 g/mol. The zero-order valence-electron chi connectivity index (χ0n) is 13.4. The van der Waals surface area contributed by atoms with E-state index in [2.05, 4.69) is 5.10 Å². The molecule has 0 saturated carbocycles. The number of benzene rings is 2. The first kappa shape index (κ1) is 19.6. The number of carbonyl (C=O) groups is 2. The maximum absolute atomic E-state index is 12.6. The van der Waals surface area contributed by atoms with Crippen molar-refractivity contribution in [2.75, 3.05) is 5.32 Å². The third-order valence-electron chi connectivity index (χ3n) is 3.14. The number of hydrogen-bond donors (Lipinski definition) is 2. The maximum atomic E-state index is 12.6. The lowest BCUT2D eigenvalue weighted by atomic mass is 10.2. The molecule has 0 atom stereocenters. The molecule has 0 bridgehead atoms. The molecule has 0 radical (unpaired) electrons. The molecule has 2 aromatic carbocycles. The summed E-state index contributed by atoms with van der Waals surface area (Å²) in [6, 6.07) is 8.99. The fourth-order valence-electron chi connectivity index (χ4n) is 1.86. The Hall–Kier alpha value is -3.76. The Bertz CT molecular complexity index is 895. The Labute approximate surface area is 149 Å². The highest BCUT2D eigenvalue weighted by molar-refractivity contribution is 6.39. The second kappa shape index (κ2) is 8.08. The number of nitrogens with zero attached hydrogens (tertiary/aromatic N) is 2. The monoisotopic (exact) mass is 380 g/mol. The molecule has 2 rings (SSSR count). The second-order valence-electron chi connectivity index (χ2n) is 5.08. The van der Waals surface area contributed by atoms with Crippen molar-refractivity contribution in [2.45, 2.75) is 6.18 Å². The van der Waals surface area contributed by atoms with Crippen LogP contribution < -0.4 is 10.7 Å². The largest absolute Gasteiger partial charge is 0.416 e. The lowest BCUT2D eigenvalue weighted by Crippen LogP contribution is -2.32. The van der Waals surface area contributed by atoms with Gasteiger partial charge in [0.25, 0.3) is 5.69 Å². The molecule has 11 heteroatoms. The van der Waals surface area contributed by atoms with E-state index in [0.717, 1.165) is 18.3 Å². The summed E-state index contributed by atoms with van der Waals surface area (Å²) in [5.74, 6) is -2.42. The van der Waals surface area contributed by atoms with Crippen molar-refractivity contribution in [3.63, 3.8) is 0 Å². The summed E-state index contributed by atoms with van der Waals surface area (Å²) >= 11 is 0. The van der Waals surface area contributed by atoms with Crippen LogP contribution in [0.2, 0.25) is 0 Å². The number of nitro groups is 1. The minimum Gasteiger partial charge on any atom is -0.318 e. The van der Waals surface area contributed by atoms with Crippen LogP contribution in [0.25, 0.3) is 0 Å². The number of nitro benzene ring substituents is 1. The summed E-state index contributed by atoms with van der Waals surface area (Å²) in [7, 11) is 0. The van der Waals surface area contributed by atoms with Crippen molar-refractivity contribution < 1.29 is 27.7 Å². The number of amides is 2. The number of hydrogen-bond acceptors (Lipinski definition) is 5. The van der Waals surface area contributed by atoms with Crippen LogP contribution in [0.5, 0.6) is 0 Å². The van der Waals surface area contributed by atoms with Crippen LogP contribution in [0.15, 0.2) is 53.6 Å². The van der Waals surface area contributed by atoms with Gasteiger partial charge in [-0.2, -0.15) is 18.3 Å². The minimum absolute atomic E-state index is 0.128. The van der Waals surface area contributed by atoms with Crippen LogP contribution in [0, 0.1) is 10.1 Å². The quantitative estimate of drug-likeness (QED) is 0.367. The highest BCUT2D eigenvalue weighted by Crippen LogP contribution is 2.30. The van der Waals surface area contributed by atoms with Crippen molar-refractivity contribution in [3.05, 3.63) is 69.8 Å². The summed E-state index contributed by atoms with van der Waals surface area (Å²) in [6.45, 7) is 0. The van der Waals surface area contributed by atoms with Gasteiger partial charge in [0.05, 0.1) is 16.7 Å². The molecule has 0 aliphatic rings. The number of alkyl halides is 3. The molecule has 2 amide bonds. The summed E-state index contributed by atoms with van der Waals surface area (Å²) in [5.41, 5.74) is 1.00. The highest BCUT2D eigenvalue weighted by atomic mass is 19.4. The van der Waals surface area contributed by atoms with Gasteiger partial charge in [-0.15, -0.1) is 0 Å². The van der Waals surface area contributed by atoms with Gasteiger partial charge < -0.3 is 5.32 Å². The predicted molar refractivity (Wildman–Crippen MR) is 88.9 cm³/mol. The third kappa shape index (κ3) is 5.63. The second-order valence-corrected chi connectivity index (χ2v) is 5.08. The molecule has 27 heavy (non-hydrogen) atoms. The van der Waals surface area contributed by atoms with Gasteiger partial charge >= 0.3 is 18.0 Å². The molecule has 2 N–H and O–H groups in total. The van der Waals surface area contributed by atoms with E-state index in [4.69, 9.17) is 0 Å². The van der Waals surface area contributed by atoms with Crippen LogP contribution in [0.1, 0.15) is 11.1 Å². The summed E-state index contributed by atoms with van der Waals surface area (Å²) < 4.78 is 37.8. The van der Waals surface area contributed by atoms with E-state index in [1.807, 2.05) is 10.7 Å². The standard InChI is InChI=1S/C16H11F3N4O4/c17-16(18,19)11-2-1-3-12(8-11)21-14(24)15(25)22-20-9-10-4-6-13(7-5-10)23(26)27/h1-9H,(H,21,24)(H,22,25)/b20-9+. The molecule has 0 aliphatic carbocycles. The smallest absolute Gasteiger partial charge is 0.318 e. The van der Waals surface area contributed by atoms with E-state index in [1.54, 1.807) is 0 Å². The Morgan fingerprint density at radius 2 is 1.74 bits per heavy atom. The van der Waals surface area contributed by atoms with Gasteiger partial charge in [0.15, 0.2) is 0 Å². The normalized spacial score (nSPS) is 11.2. The first-order valence-corrected chi connectivity index (χ1v) is 7.23. The van der Waals surface area contributed by atoms with E-state index in [0.29, 0.717) is 11.6 Å². The van der Waals surface area contributed by atoms with Gasteiger partial charge in [-0.25, -0.2) is 5.43 Å². The topological polar surface area (TPSA) is 114 Å². The molecule has 140 valence electrons. The van der Waals surface area contributed by atoms with Crippen LogP contribution in [0.4, 0.5) is 24.5 Å². The van der Waals surface area contributed by atoms with E-state index in [1.165, 1.54) is 30.3 Å². The van der Waals surface area contributed by atoms with E-state index < -0.39 is 28.5 Å². The lowest BCUT2D eigenvalue weighted by molar-refractivity contribution is -0.384. The zero-order valence-corrected chi connectivity index (χ0v) is 13.4. The number of halogens is 3. The fraction of sp³-hybridized carbons (Fsp3) is 0.0625. The van der Waals surface area contributed by atoms with E-state index in [-0.39, 0.29) is 11.4 Å². The molecule has 0 saturated heterocycles. The number of non-ortho nitro benzene ring substituents is 1. The van der Waals surface area contributed by atoms with E-state index in [9.17, 15) is 32.9 Å². The molecule has 0 aliphatic heterocycles. The number of nitrogens with one attached hydrogen (secondary N) is 2. The molecule has 0 aromatic heterocycles. The highest BCUT2D eigenvalue weighted by Gasteiger charge is 2.30. The van der Waals surface area contributed by atoms with Gasteiger partial charge in [0.2, 0.25) is 0 Å². The molecule has 0 spiro atoms. The number of rotatable bonds is 4. The fourth-order valence-corrected chi connectivity index (χ4v) is 1.86. The third-order valence-corrected chi connectivity index (χ3v) is 3.14. The summed E-state index contributed by atoms with van der Waals surface area (Å²) in [5, 5.41) is 16.0. The number of anilines is 1. The molecule has 0 fully saturated rings. The van der Waals surface area contributed by atoms with Crippen LogP contribution in [-0.4, -0.2) is 23.0 Å². The molecule has 8 nitrogen and oxygen atoms in total. The number of carbonyl (C=O) groups excluding carboxylic acids is 2. The predicted octanol–water partition coefficient (Wildman–Crippen LogP) is 2.70. The van der Waals surface area contributed by atoms with Crippen LogP contribution >= 0.6 is 0 Å². The summed E-state index contributed by atoms with van der Waals surface area (Å²) in [6.07, 6.45) is -3.45. The molecular weight excluding hydrogens is 369 g/mol. The van der Waals surface area contributed by atoms with Crippen molar-refractivity contribution in [2.24, 2.45) is 5.10 Å². The first-order valence-electron chi connectivity index (χ1n) is 7.23. The van der Waals surface area contributed by atoms with Gasteiger partial charge in [-0.3, -0.25) is 19.7 Å². The van der Waals surface area contributed by atoms with Crippen molar-refractivity contribution in [1.29, 1.82) is 0 Å². The van der Waals surface area contributed by atoms with Crippen molar-refractivity contribution >= 4 is 29.4 Å². The Balaban J connectivity index is 1.94. The molecule has 0 unspecified atom stereocenters. The Morgan fingerprint density at radius 1 is 1.07 bits per heavy atom. The molecule has 2 aromatic rings. The van der Waals surface area contributed by atoms with Gasteiger partial charge in [0, 0.05) is 17.8 Å². The van der Waals surface area contributed by atoms with Crippen molar-refractivity contribution in [3.8, 4) is 0 Å². The van der Waals surface area contributed by atoms with Gasteiger partial charge in [0.1, 0.15) is 0 Å². The Kier molecular flexibility index (Phi) is 5.85. The van der Waals surface area contributed by atoms with Gasteiger partial charge in [-0.05, 0) is 35.9 Å². The first-order chi connectivity index (χ1) is 12.7. The molecular formula is C16H11F3N4O4. The Morgan fingerprint density at radius 3 is 2.33 bits per heavy atom. The summed E-state index contributed by atoms with van der Waals surface area (Å²) in [4.78, 5) is 33.2. The zero-order chi connectivity index (χ0) is 20.0. The lowest BCUT2D eigenvalue weighted by Gasteiger charge is -2.09. The van der Waals surface area contributed by atoms with Gasteiger partial charge in [-0.1, -0.05) is 6.07 Å². The SMILES string of the molecule is O=C(N/N=C/c1ccc([N+](=O)[O-])cc1)C(=O)Nc1cccc(C(F)(F)F)c1. The average Bonchev–Trinajstić information content (AvgIpc) is 2.61.